The molecule has 0 spiro atoms. The Hall–Kier alpha value is -2.60. The SMILES string of the molecule is CCOC(=O)CNC1C=C(OC)C=CC1[C@@H]1CCc2cc(OC(=O)C(C)(C)C)ccc2C1. The van der Waals surface area contributed by atoms with Gasteiger partial charge in [-0.3, -0.25) is 14.9 Å². The van der Waals surface area contributed by atoms with Crippen molar-refractivity contribution in [3.05, 3.63) is 53.3 Å². The summed E-state index contributed by atoms with van der Waals surface area (Å²) in [7, 11) is 1.65. The van der Waals surface area contributed by atoms with Gasteiger partial charge in [0, 0.05) is 6.04 Å². The van der Waals surface area contributed by atoms with E-state index in [0.29, 0.717) is 18.3 Å². The first-order valence-electron chi connectivity index (χ1n) is 11.4. The number of ether oxygens (including phenoxy) is 3. The highest BCUT2D eigenvalue weighted by Crippen LogP contribution is 2.36. The van der Waals surface area contributed by atoms with Crippen molar-refractivity contribution in [1.29, 1.82) is 0 Å². The molecule has 0 heterocycles. The molecule has 0 fully saturated rings. The molecule has 3 atom stereocenters. The van der Waals surface area contributed by atoms with Crippen LogP contribution in [0.5, 0.6) is 5.75 Å². The van der Waals surface area contributed by atoms with Gasteiger partial charge in [-0.25, -0.2) is 0 Å². The van der Waals surface area contributed by atoms with E-state index in [1.165, 1.54) is 11.1 Å². The van der Waals surface area contributed by atoms with Crippen LogP contribution in [-0.2, 0) is 31.9 Å². The predicted octanol–water partition coefficient (Wildman–Crippen LogP) is 3.98. The molecule has 0 radical (unpaired) electrons. The molecule has 1 aromatic rings. The van der Waals surface area contributed by atoms with Gasteiger partial charge in [0.05, 0.1) is 25.7 Å². The Kier molecular flexibility index (Phi) is 7.77. The number of carbonyl (C=O) groups excluding carboxylic acids is 2. The third-order valence-corrected chi connectivity index (χ3v) is 6.08. The third kappa shape index (κ3) is 6.00. The second kappa shape index (κ2) is 10.3. The van der Waals surface area contributed by atoms with Crippen molar-refractivity contribution in [2.45, 2.75) is 53.0 Å². The number of esters is 2. The van der Waals surface area contributed by atoms with Gasteiger partial charge in [-0.05, 0) is 94.2 Å². The van der Waals surface area contributed by atoms with E-state index in [0.717, 1.165) is 25.0 Å². The molecule has 1 aromatic carbocycles. The van der Waals surface area contributed by atoms with Crippen LogP contribution >= 0.6 is 0 Å². The fourth-order valence-corrected chi connectivity index (χ4v) is 4.28. The number of hydrogen-bond donors (Lipinski definition) is 1. The maximum absolute atomic E-state index is 12.2. The fourth-order valence-electron chi connectivity index (χ4n) is 4.28. The molecule has 2 aliphatic carbocycles. The van der Waals surface area contributed by atoms with E-state index in [-0.39, 0.29) is 30.4 Å². The van der Waals surface area contributed by atoms with Crippen molar-refractivity contribution < 1.29 is 23.8 Å². The Morgan fingerprint density at radius 1 is 1.19 bits per heavy atom. The van der Waals surface area contributed by atoms with Gasteiger partial charge in [-0.1, -0.05) is 12.1 Å². The van der Waals surface area contributed by atoms with E-state index >= 15 is 0 Å². The zero-order valence-corrected chi connectivity index (χ0v) is 19.8. The topological polar surface area (TPSA) is 73.9 Å². The van der Waals surface area contributed by atoms with E-state index in [9.17, 15) is 9.59 Å². The Morgan fingerprint density at radius 3 is 2.66 bits per heavy atom. The summed E-state index contributed by atoms with van der Waals surface area (Å²) < 4.78 is 16.1. The smallest absolute Gasteiger partial charge is 0.319 e. The minimum Gasteiger partial charge on any atom is -0.497 e. The molecule has 6 heteroatoms. The normalized spacial score (nSPS) is 22.5. The predicted molar refractivity (Wildman–Crippen MR) is 123 cm³/mol. The number of carbonyl (C=O) groups is 2. The van der Waals surface area contributed by atoms with Crippen LogP contribution in [0.15, 0.2) is 42.2 Å². The number of methoxy groups -OCH3 is 1. The van der Waals surface area contributed by atoms with Crippen LogP contribution in [0, 0.1) is 17.3 Å². The molecule has 0 saturated heterocycles. The summed E-state index contributed by atoms with van der Waals surface area (Å²) in [6.45, 7) is 7.91. The van der Waals surface area contributed by atoms with Crippen LogP contribution in [0.1, 0.15) is 45.2 Å². The van der Waals surface area contributed by atoms with E-state index in [1.54, 1.807) is 7.11 Å². The van der Waals surface area contributed by atoms with Crippen LogP contribution < -0.4 is 10.1 Å². The van der Waals surface area contributed by atoms with Crippen molar-refractivity contribution >= 4 is 11.9 Å². The molecule has 0 aliphatic heterocycles. The third-order valence-electron chi connectivity index (χ3n) is 6.08. The lowest BCUT2D eigenvalue weighted by Gasteiger charge is -2.36. The first-order chi connectivity index (χ1) is 15.2. The van der Waals surface area contributed by atoms with Gasteiger partial charge in [0.25, 0.3) is 0 Å². The summed E-state index contributed by atoms with van der Waals surface area (Å²) in [5.74, 6) is 1.60. The van der Waals surface area contributed by atoms with Gasteiger partial charge >= 0.3 is 11.9 Å². The van der Waals surface area contributed by atoms with E-state index in [2.05, 4.69) is 23.5 Å². The second-order valence-corrected chi connectivity index (χ2v) is 9.49. The molecule has 174 valence electrons. The van der Waals surface area contributed by atoms with E-state index in [1.807, 2.05) is 45.9 Å². The van der Waals surface area contributed by atoms with Crippen LogP contribution in [-0.4, -0.2) is 38.2 Å². The van der Waals surface area contributed by atoms with Gasteiger partial charge in [-0.2, -0.15) is 0 Å². The number of aryl methyl sites for hydroxylation is 1. The Labute approximate surface area is 191 Å². The monoisotopic (exact) mass is 441 g/mol. The summed E-state index contributed by atoms with van der Waals surface area (Å²) in [6.07, 6.45) is 9.14. The summed E-state index contributed by atoms with van der Waals surface area (Å²) in [5.41, 5.74) is 1.99. The molecule has 2 aliphatic rings. The zero-order chi connectivity index (χ0) is 23.3. The van der Waals surface area contributed by atoms with Crippen molar-refractivity contribution in [1.82, 2.24) is 5.32 Å². The molecule has 6 nitrogen and oxygen atoms in total. The lowest BCUT2D eigenvalue weighted by molar-refractivity contribution is -0.143. The van der Waals surface area contributed by atoms with Gasteiger partial charge in [0.1, 0.15) is 11.5 Å². The molecule has 2 unspecified atom stereocenters. The van der Waals surface area contributed by atoms with Crippen LogP contribution in [0.2, 0.25) is 0 Å². The fraction of sp³-hybridized carbons (Fsp3) is 0.538. The molecule has 3 rings (SSSR count). The van der Waals surface area contributed by atoms with Gasteiger partial charge in [0.15, 0.2) is 0 Å². The minimum absolute atomic E-state index is 0.00193. The molecular weight excluding hydrogens is 406 g/mol. The second-order valence-electron chi connectivity index (χ2n) is 9.49. The van der Waals surface area contributed by atoms with Gasteiger partial charge in [-0.15, -0.1) is 0 Å². The highest BCUT2D eigenvalue weighted by molar-refractivity contribution is 5.77. The average Bonchev–Trinajstić information content (AvgIpc) is 2.76. The Balaban J connectivity index is 1.70. The number of hydrogen-bond acceptors (Lipinski definition) is 6. The standard InChI is InChI=1S/C26H35NO5/c1-6-31-24(28)16-27-23-15-20(30-5)11-12-22(23)19-8-7-18-14-21(10-9-17(18)13-19)32-25(29)26(2,3)4/h9-12,14-15,19,22-23,27H,6-8,13,16H2,1-5H3/t19-,22?,23?/m1/s1. The van der Waals surface area contributed by atoms with Crippen molar-refractivity contribution in [2.75, 3.05) is 20.3 Å². The highest BCUT2D eigenvalue weighted by Gasteiger charge is 2.32. The largest absolute Gasteiger partial charge is 0.497 e. The van der Waals surface area contributed by atoms with Crippen molar-refractivity contribution in [3.8, 4) is 5.75 Å². The number of benzene rings is 1. The Morgan fingerprint density at radius 2 is 1.97 bits per heavy atom. The number of rotatable bonds is 7. The summed E-state index contributed by atoms with van der Waals surface area (Å²) in [4.78, 5) is 24.1. The molecule has 0 aromatic heterocycles. The molecule has 0 bridgehead atoms. The first kappa shape index (κ1) is 24.1. The molecule has 1 N–H and O–H groups in total. The van der Waals surface area contributed by atoms with Gasteiger partial charge in [0.2, 0.25) is 0 Å². The zero-order valence-electron chi connectivity index (χ0n) is 19.8. The molecule has 0 amide bonds. The van der Waals surface area contributed by atoms with Crippen molar-refractivity contribution in [2.24, 2.45) is 17.3 Å². The van der Waals surface area contributed by atoms with Crippen LogP contribution in [0.3, 0.4) is 0 Å². The van der Waals surface area contributed by atoms with Crippen molar-refractivity contribution in [3.63, 3.8) is 0 Å². The molecule has 0 saturated carbocycles. The number of nitrogens with one attached hydrogen (secondary N) is 1. The lowest BCUT2D eigenvalue weighted by Crippen LogP contribution is -2.43. The number of allylic oxidation sites excluding steroid dienone is 1. The Bertz CT molecular complexity index is 896. The van der Waals surface area contributed by atoms with Gasteiger partial charge < -0.3 is 14.2 Å². The quantitative estimate of drug-likeness (QED) is 0.510. The van der Waals surface area contributed by atoms with Crippen LogP contribution in [0.25, 0.3) is 0 Å². The summed E-state index contributed by atoms with van der Waals surface area (Å²) >= 11 is 0. The maximum atomic E-state index is 12.2. The van der Waals surface area contributed by atoms with Crippen LogP contribution in [0.4, 0.5) is 0 Å². The molecular formula is C26H35NO5. The average molecular weight is 442 g/mol. The molecule has 32 heavy (non-hydrogen) atoms. The van der Waals surface area contributed by atoms with E-state index < -0.39 is 5.41 Å². The summed E-state index contributed by atoms with van der Waals surface area (Å²) in [5, 5.41) is 3.35. The summed E-state index contributed by atoms with van der Waals surface area (Å²) in [6, 6.07) is 5.97. The minimum atomic E-state index is -0.533. The maximum Gasteiger partial charge on any atom is 0.319 e. The highest BCUT2D eigenvalue weighted by atomic mass is 16.5. The van der Waals surface area contributed by atoms with E-state index in [4.69, 9.17) is 14.2 Å². The lowest BCUT2D eigenvalue weighted by atomic mass is 9.73. The number of fused-ring (bicyclic) bond motifs is 1. The first-order valence-corrected chi connectivity index (χ1v) is 11.4.